The lowest BCUT2D eigenvalue weighted by atomic mass is 10.2. The highest BCUT2D eigenvalue weighted by atomic mass is 32.2. The Bertz CT molecular complexity index is 356. The zero-order valence-corrected chi connectivity index (χ0v) is 10.2. The molecule has 2 unspecified atom stereocenters. The van der Waals surface area contributed by atoms with Gasteiger partial charge < -0.3 is 5.32 Å². The van der Waals surface area contributed by atoms with Gasteiger partial charge in [-0.3, -0.25) is 14.5 Å². The van der Waals surface area contributed by atoms with Crippen molar-refractivity contribution in [2.45, 2.75) is 31.8 Å². The first-order valence-corrected chi connectivity index (χ1v) is 6.38. The maximum atomic E-state index is 11.6. The summed E-state index contributed by atoms with van der Waals surface area (Å²) in [7, 11) is 1.51. The fraction of sp³-hybridized carbons (Fsp3) is 0.700. The average molecular weight is 241 g/mol. The number of hydrogen-bond donors (Lipinski definition) is 1. The Kier molecular flexibility index (Phi) is 3.18. The van der Waals surface area contributed by atoms with Gasteiger partial charge in [0.2, 0.25) is 5.91 Å². The average Bonchev–Trinajstić information content (AvgIpc) is 2.81. The topological polar surface area (TPSA) is 61.8 Å². The molecule has 6 heteroatoms. The molecule has 2 heterocycles. The van der Waals surface area contributed by atoms with E-state index in [-0.39, 0.29) is 18.2 Å². The number of likely N-dealkylation sites (tertiary alicyclic amines) is 1. The number of carbonyl (C=O) groups excluding carboxylic acids is 2. The lowest BCUT2D eigenvalue weighted by molar-refractivity contribution is -0.136. The normalized spacial score (nSPS) is 32.6. The van der Waals surface area contributed by atoms with Crippen molar-refractivity contribution in [2.75, 3.05) is 12.8 Å². The van der Waals surface area contributed by atoms with E-state index >= 15 is 0 Å². The molecule has 88 valence electrons. The van der Waals surface area contributed by atoms with E-state index in [9.17, 15) is 9.59 Å². The van der Waals surface area contributed by atoms with E-state index in [2.05, 4.69) is 17.2 Å². The van der Waals surface area contributed by atoms with Gasteiger partial charge >= 0.3 is 0 Å². The fourth-order valence-corrected chi connectivity index (χ4v) is 2.84. The van der Waals surface area contributed by atoms with E-state index in [1.165, 1.54) is 7.05 Å². The van der Waals surface area contributed by atoms with Crippen molar-refractivity contribution in [3.63, 3.8) is 0 Å². The van der Waals surface area contributed by atoms with Crippen molar-refractivity contribution >= 4 is 28.7 Å². The molecule has 1 N–H and O–H groups in total. The van der Waals surface area contributed by atoms with Crippen LogP contribution in [0.2, 0.25) is 0 Å². The van der Waals surface area contributed by atoms with Crippen molar-refractivity contribution in [3.8, 4) is 0 Å². The molecule has 0 spiro atoms. The van der Waals surface area contributed by atoms with Crippen LogP contribution >= 0.6 is 11.8 Å². The van der Waals surface area contributed by atoms with E-state index in [0.29, 0.717) is 6.04 Å². The van der Waals surface area contributed by atoms with E-state index in [0.717, 1.165) is 22.2 Å². The molecule has 2 fully saturated rings. The molecule has 0 aliphatic carbocycles. The van der Waals surface area contributed by atoms with Gasteiger partial charge in [-0.2, -0.15) is 0 Å². The number of likely N-dealkylation sites (N-methyl/N-ethyl adjacent to an activating group) is 1. The van der Waals surface area contributed by atoms with Crippen LogP contribution < -0.4 is 5.32 Å². The predicted molar refractivity (Wildman–Crippen MR) is 63.3 cm³/mol. The number of aliphatic imine (C=N–C) groups is 1. The molecule has 2 saturated heterocycles. The van der Waals surface area contributed by atoms with E-state index in [4.69, 9.17) is 0 Å². The van der Waals surface area contributed by atoms with Crippen LogP contribution in [0.4, 0.5) is 0 Å². The number of nitrogens with zero attached hydrogens (tertiary/aromatic N) is 2. The molecule has 2 amide bonds. The Morgan fingerprint density at radius 1 is 1.56 bits per heavy atom. The fourth-order valence-electron chi connectivity index (χ4n) is 1.71. The number of amidine groups is 1. The third-order valence-electron chi connectivity index (χ3n) is 2.87. The minimum absolute atomic E-state index is 0.144. The maximum absolute atomic E-state index is 11.6. The number of imide groups is 1. The number of carbonyl (C=O) groups is 2. The van der Waals surface area contributed by atoms with Crippen LogP contribution in [0.25, 0.3) is 0 Å². The van der Waals surface area contributed by atoms with Crippen LogP contribution in [-0.4, -0.2) is 46.8 Å². The highest BCUT2D eigenvalue weighted by molar-refractivity contribution is 8.14. The molecular formula is C10H15N3O2S. The quantitative estimate of drug-likeness (QED) is 0.702. The standard InChI is InChI=1S/C10H15N3O2S/c1-3-6-5-16-10(11-6)12-7-4-8(14)13(2)9(7)15/h6-7H,3-5H2,1-2H3,(H,11,12). The second-order valence-electron chi connectivity index (χ2n) is 4.01. The summed E-state index contributed by atoms with van der Waals surface area (Å²) in [5.41, 5.74) is 0. The number of hydrogen-bond acceptors (Lipinski definition) is 4. The minimum atomic E-state index is -0.511. The van der Waals surface area contributed by atoms with Gasteiger partial charge in [-0.05, 0) is 6.42 Å². The summed E-state index contributed by atoms with van der Waals surface area (Å²) in [5, 5.41) is 4.05. The first-order chi connectivity index (χ1) is 7.61. The molecule has 0 aromatic heterocycles. The summed E-state index contributed by atoms with van der Waals surface area (Å²) in [4.78, 5) is 28.4. The zero-order chi connectivity index (χ0) is 11.7. The molecule has 16 heavy (non-hydrogen) atoms. The Morgan fingerprint density at radius 3 is 2.81 bits per heavy atom. The van der Waals surface area contributed by atoms with Crippen LogP contribution in [0.3, 0.4) is 0 Å². The highest BCUT2D eigenvalue weighted by Crippen LogP contribution is 2.20. The van der Waals surface area contributed by atoms with Crippen molar-refractivity contribution < 1.29 is 9.59 Å². The summed E-state index contributed by atoms with van der Waals surface area (Å²) in [5.74, 6) is 0.647. The predicted octanol–water partition coefficient (Wildman–Crippen LogP) is 0.215. The molecule has 2 aliphatic heterocycles. The number of rotatable bonds is 2. The maximum Gasteiger partial charge on any atom is 0.254 e. The third kappa shape index (κ3) is 2.07. The molecule has 2 aliphatic rings. The molecule has 2 atom stereocenters. The van der Waals surface area contributed by atoms with Gasteiger partial charge in [0.05, 0.1) is 6.42 Å². The van der Waals surface area contributed by atoms with E-state index < -0.39 is 6.04 Å². The lowest BCUT2D eigenvalue weighted by Crippen LogP contribution is -2.29. The van der Waals surface area contributed by atoms with E-state index in [1.54, 1.807) is 11.8 Å². The molecule has 0 aromatic carbocycles. The summed E-state index contributed by atoms with van der Waals surface area (Å²) in [6.45, 7) is 2.11. The van der Waals surface area contributed by atoms with E-state index in [1.807, 2.05) is 0 Å². The molecule has 0 bridgehead atoms. The van der Waals surface area contributed by atoms with Gasteiger partial charge in [-0.1, -0.05) is 18.7 Å². The number of nitrogens with one attached hydrogen (secondary N) is 1. The SMILES string of the molecule is CCC1CSC(=NC2CC(=O)N(C)C2=O)N1. The third-order valence-corrected chi connectivity index (χ3v) is 3.94. The minimum Gasteiger partial charge on any atom is -0.361 e. The van der Waals surface area contributed by atoms with Gasteiger partial charge in [0.25, 0.3) is 5.91 Å². The summed E-state index contributed by atoms with van der Waals surface area (Å²) >= 11 is 1.62. The second kappa shape index (κ2) is 4.45. The molecule has 0 radical (unpaired) electrons. The zero-order valence-electron chi connectivity index (χ0n) is 9.40. The summed E-state index contributed by atoms with van der Waals surface area (Å²) < 4.78 is 0. The van der Waals surface area contributed by atoms with Crippen molar-refractivity contribution in [1.29, 1.82) is 0 Å². The number of thioether (sulfide) groups is 1. The molecule has 0 aromatic rings. The highest BCUT2D eigenvalue weighted by Gasteiger charge is 2.36. The van der Waals surface area contributed by atoms with Crippen LogP contribution in [0.5, 0.6) is 0 Å². The first-order valence-electron chi connectivity index (χ1n) is 5.39. The van der Waals surface area contributed by atoms with Crippen LogP contribution in [0.15, 0.2) is 4.99 Å². The van der Waals surface area contributed by atoms with Gasteiger partial charge in [0.15, 0.2) is 5.17 Å². The molecule has 2 rings (SSSR count). The monoisotopic (exact) mass is 241 g/mol. The summed E-state index contributed by atoms with van der Waals surface area (Å²) in [6, 6.07) is -0.0724. The van der Waals surface area contributed by atoms with Gasteiger partial charge in [0.1, 0.15) is 6.04 Å². The molecule has 5 nitrogen and oxygen atoms in total. The van der Waals surface area contributed by atoms with Crippen molar-refractivity contribution in [1.82, 2.24) is 10.2 Å². The Hall–Kier alpha value is -1.04. The smallest absolute Gasteiger partial charge is 0.254 e. The molecule has 0 saturated carbocycles. The lowest BCUT2D eigenvalue weighted by Gasteiger charge is -2.07. The summed E-state index contributed by atoms with van der Waals surface area (Å²) in [6.07, 6.45) is 1.25. The Balaban J connectivity index is 2.03. The number of amides is 2. The van der Waals surface area contributed by atoms with Gasteiger partial charge in [0, 0.05) is 18.8 Å². The van der Waals surface area contributed by atoms with Crippen LogP contribution in [0.1, 0.15) is 19.8 Å². The Morgan fingerprint density at radius 2 is 2.31 bits per heavy atom. The van der Waals surface area contributed by atoms with Crippen molar-refractivity contribution in [3.05, 3.63) is 0 Å². The van der Waals surface area contributed by atoms with Crippen molar-refractivity contribution in [2.24, 2.45) is 4.99 Å². The van der Waals surface area contributed by atoms with Crippen LogP contribution in [0, 0.1) is 0 Å². The first kappa shape index (κ1) is 11.4. The second-order valence-corrected chi connectivity index (χ2v) is 5.01. The van der Waals surface area contributed by atoms with Gasteiger partial charge in [-0.15, -0.1) is 0 Å². The van der Waals surface area contributed by atoms with Gasteiger partial charge in [-0.25, -0.2) is 4.99 Å². The largest absolute Gasteiger partial charge is 0.361 e. The Labute approximate surface area is 98.7 Å². The van der Waals surface area contributed by atoms with Crippen LogP contribution in [-0.2, 0) is 9.59 Å². The molecular weight excluding hydrogens is 226 g/mol.